The largest absolute Gasteiger partial charge is 0.481 e. The van der Waals surface area contributed by atoms with Gasteiger partial charge >= 0.3 is 13.8 Å². The summed E-state index contributed by atoms with van der Waals surface area (Å²) in [5.41, 5.74) is 0.378. The first-order valence-corrected chi connectivity index (χ1v) is 26.6. The van der Waals surface area contributed by atoms with E-state index >= 15 is 0 Å². The number of amides is 7. The number of thioether (sulfide) groups is 1. The lowest BCUT2D eigenvalue weighted by molar-refractivity contribution is -0.148. The topological polar surface area (TPSA) is 378 Å². The highest BCUT2D eigenvalue weighted by Gasteiger charge is 2.44. The third-order valence-corrected chi connectivity index (χ3v) is 14.7. The Labute approximate surface area is 424 Å². The molecule has 4 heterocycles. The molecule has 1 unspecified atom stereocenters. The zero-order valence-electron chi connectivity index (χ0n) is 41.1. The molecular weight excluding hydrogens is 1000 g/mol. The van der Waals surface area contributed by atoms with Gasteiger partial charge in [0.05, 0.1) is 54.2 Å². The number of aromatic amines is 1. The number of aromatic nitrogens is 1. The number of rotatable bonds is 13. The lowest BCUT2D eigenvalue weighted by atomic mass is 9.86. The van der Waals surface area contributed by atoms with Gasteiger partial charge in [-0.1, -0.05) is 47.5 Å². The third-order valence-electron chi connectivity index (χ3n) is 13.2. The van der Waals surface area contributed by atoms with E-state index in [1.54, 1.807) is 34.6 Å². The van der Waals surface area contributed by atoms with Crippen molar-refractivity contribution >= 4 is 95.1 Å². The number of aliphatic hydroxyl groups is 1. The molecule has 0 aliphatic carbocycles. The number of carbonyl (C=O) groups excluding carboxylic acids is 9. The van der Waals surface area contributed by atoms with Crippen LogP contribution in [-0.2, 0) is 63.5 Å². The van der Waals surface area contributed by atoms with Crippen LogP contribution in [-0.4, -0.2) is 151 Å². The second-order valence-electron chi connectivity index (χ2n) is 18.6. The van der Waals surface area contributed by atoms with Crippen LogP contribution in [0.1, 0.15) is 91.5 Å². The van der Waals surface area contributed by atoms with Crippen molar-refractivity contribution in [2.45, 2.75) is 128 Å². The second kappa shape index (κ2) is 25.8. The zero-order valence-corrected chi connectivity index (χ0v) is 42.9. The monoisotopic (exact) mass is 1060 g/mol. The van der Waals surface area contributed by atoms with Gasteiger partial charge in [-0.05, 0) is 42.4 Å². The van der Waals surface area contributed by atoms with Crippen molar-refractivity contribution in [3.63, 3.8) is 0 Å². The van der Waals surface area contributed by atoms with E-state index in [0.717, 1.165) is 16.7 Å². The first-order valence-electron chi connectivity index (χ1n) is 24.1. The SMILES string of the molecule is CCCC(=O)Nc1c(OCOP(=O)(O)O)ccc2c3c([nH]c12)SC[C@@H]1NC(=O)CNC(=O)[C@H]([C@@H](C)CC)NC(=O)CNC(=O)[C@@H](CC(=O)[C@H](C(C)CC)NC(=O)[C@@H]2C[C@@H](O)CN2C(=O)[C@H](CC(=O)O)CC1=O)C3. The Morgan fingerprint density at radius 3 is 2.16 bits per heavy atom. The van der Waals surface area contributed by atoms with Crippen LogP contribution in [0.25, 0.3) is 10.9 Å². The summed E-state index contributed by atoms with van der Waals surface area (Å²) in [5, 5.41) is 37.0. The van der Waals surface area contributed by atoms with Crippen molar-refractivity contribution in [3.05, 3.63) is 17.7 Å². The minimum atomic E-state index is -5.03. The van der Waals surface area contributed by atoms with Gasteiger partial charge in [0.2, 0.25) is 41.4 Å². The van der Waals surface area contributed by atoms with Gasteiger partial charge in [0.25, 0.3) is 0 Å². The fourth-order valence-corrected chi connectivity index (χ4v) is 10.2. The number of hydrogen-bond acceptors (Lipinski definition) is 15. The van der Waals surface area contributed by atoms with E-state index in [0.29, 0.717) is 30.2 Å². The first-order chi connectivity index (χ1) is 34.4. The summed E-state index contributed by atoms with van der Waals surface area (Å²) >= 11 is 0.909. The van der Waals surface area contributed by atoms with Crippen LogP contribution >= 0.6 is 19.6 Å². The minimum absolute atomic E-state index is 0.0162. The summed E-state index contributed by atoms with van der Waals surface area (Å²) in [4.78, 5) is 162. The fourth-order valence-electron chi connectivity index (χ4n) is 8.86. The van der Waals surface area contributed by atoms with Gasteiger partial charge in [0, 0.05) is 49.3 Å². The number of carboxylic acids is 1. The Morgan fingerprint density at radius 1 is 0.863 bits per heavy atom. The van der Waals surface area contributed by atoms with Crippen LogP contribution in [0.15, 0.2) is 17.2 Å². The summed E-state index contributed by atoms with van der Waals surface area (Å²) < 4.78 is 21.7. The van der Waals surface area contributed by atoms with Crippen LogP contribution in [0.3, 0.4) is 0 Å². The highest BCUT2D eigenvalue weighted by Crippen LogP contribution is 2.42. The summed E-state index contributed by atoms with van der Waals surface area (Å²) in [7, 11) is -5.03. The molecule has 73 heavy (non-hydrogen) atoms. The van der Waals surface area contributed by atoms with E-state index in [-0.39, 0.29) is 47.0 Å². The van der Waals surface area contributed by atoms with Gasteiger partial charge in [0.1, 0.15) is 23.5 Å². The molecule has 1 aromatic heterocycles. The fraction of sp³-hybridized carbons (Fsp3) is 0.609. The predicted octanol–water partition coefficient (Wildman–Crippen LogP) is 0.380. The molecule has 25 nitrogen and oxygen atoms in total. The van der Waals surface area contributed by atoms with Gasteiger partial charge in [0.15, 0.2) is 18.4 Å². The number of phosphoric ester groups is 1. The van der Waals surface area contributed by atoms with Crippen LogP contribution in [0.4, 0.5) is 5.69 Å². The standard InChI is InChI=1S/C46H65N8O17PS/c1-6-9-34(58)50-41-33(70-21-71-72(67,68)69)11-10-27-28-12-24-13-32(57)38(22(4)7-2)52-43(64)30-16-26(55)19-54(30)46(66)25(15-37(61)62)14-31(56)29(20-73-45(28)53-40(27)41)49-35(59)17-48-44(65)39(23(5)8-3)51-36(60)18-47-42(24)63/h10-11,22-26,29-30,38-39,53,55H,6-9,12-21H2,1-5H3,(H,47,63)(H,48,65)(H,49,59)(H,50,58)(H,51,60)(H,52,64)(H,61,62)(H2,67,68,69)/t22?,23-,24+,25-,26+,29-,30-,38-,39-/m0/s1. The molecule has 0 spiro atoms. The number of Topliss-reactive ketones (excluding diaryl/α,β-unsaturated/α-hetero) is 2. The number of carboxylic acid groups (broad SMARTS) is 1. The van der Waals surface area contributed by atoms with Crippen molar-refractivity contribution in [1.82, 2.24) is 36.5 Å². The normalized spacial score (nSPS) is 25.3. The number of H-pyrrole nitrogens is 1. The summed E-state index contributed by atoms with van der Waals surface area (Å²) in [6, 6.07) is -2.62. The molecular formula is C46H65N8O17PS. The van der Waals surface area contributed by atoms with Crippen molar-refractivity contribution in [1.29, 1.82) is 0 Å². The van der Waals surface area contributed by atoms with Crippen molar-refractivity contribution in [2.24, 2.45) is 23.7 Å². The van der Waals surface area contributed by atoms with Crippen molar-refractivity contribution in [3.8, 4) is 5.75 Å². The Hall–Kier alpha value is -5.92. The number of ketones is 2. The number of ether oxygens (including phenoxy) is 1. The van der Waals surface area contributed by atoms with Gasteiger partial charge < -0.3 is 66.5 Å². The average molecular weight is 1070 g/mol. The highest BCUT2D eigenvalue weighted by molar-refractivity contribution is 7.99. The number of hydrogen-bond donors (Lipinski definition) is 11. The molecule has 5 rings (SSSR count). The van der Waals surface area contributed by atoms with Crippen LogP contribution in [0, 0.1) is 23.7 Å². The van der Waals surface area contributed by atoms with E-state index in [1.165, 1.54) is 12.1 Å². The number of aliphatic hydroxyl groups excluding tert-OH is 1. The van der Waals surface area contributed by atoms with E-state index < -0.39 is 166 Å². The van der Waals surface area contributed by atoms with Gasteiger partial charge in [-0.2, -0.15) is 0 Å². The number of carbonyl (C=O) groups is 10. The lowest BCUT2D eigenvalue weighted by Gasteiger charge is -2.31. The molecule has 11 N–H and O–H groups in total. The van der Waals surface area contributed by atoms with Crippen LogP contribution in [0.2, 0.25) is 0 Å². The Bertz CT molecular complexity index is 2500. The summed E-state index contributed by atoms with van der Waals surface area (Å²) in [6.07, 6.45) is -3.01. The zero-order chi connectivity index (χ0) is 53.9. The van der Waals surface area contributed by atoms with Gasteiger partial charge in [-0.15, -0.1) is 11.8 Å². The molecule has 2 bridgehead atoms. The Kier molecular flexibility index (Phi) is 20.5. The molecule has 2 aromatic rings. The molecule has 0 saturated carbocycles. The second-order valence-corrected chi connectivity index (χ2v) is 20.8. The first kappa shape index (κ1) is 58.0. The molecule has 0 radical (unpaired) electrons. The van der Waals surface area contributed by atoms with Crippen LogP contribution in [0.5, 0.6) is 5.75 Å². The Balaban J connectivity index is 1.78. The molecule has 3 aliphatic heterocycles. The quantitative estimate of drug-likeness (QED) is 0.0954. The molecule has 3 aliphatic rings. The number of benzene rings is 1. The number of phosphoric acid groups is 1. The summed E-state index contributed by atoms with van der Waals surface area (Å²) in [5.74, 6) is -13.1. The molecule has 1 saturated heterocycles. The van der Waals surface area contributed by atoms with Crippen molar-refractivity contribution < 1.29 is 81.8 Å². The molecule has 402 valence electrons. The van der Waals surface area contributed by atoms with E-state index in [2.05, 4.69) is 41.4 Å². The average Bonchev–Trinajstić information content (AvgIpc) is 3.90. The van der Waals surface area contributed by atoms with Crippen molar-refractivity contribution in [2.75, 3.05) is 37.5 Å². The number of aliphatic carboxylic acids is 1. The third kappa shape index (κ3) is 15.6. The van der Waals surface area contributed by atoms with Crippen LogP contribution < -0.4 is 36.6 Å². The maximum atomic E-state index is 14.7. The van der Waals surface area contributed by atoms with Gasteiger partial charge in [-0.3, -0.25) is 47.9 Å². The maximum absolute atomic E-state index is 14.7. The number of nitrogens with one attached hydrogen (secondary N) is 7. The van der Waals surface area contributed by atoms with E-state index in [1.807, 2.05) is 0 Å². The minimum Gasteiger partial charge on any atom is -0.481 e. The Morgan fingerprint density at radius 2 is 1.52 bits per heavy atom. The number of anilines is 1. The molecule has 7 amide bonds. The number of nitrogens with zero attached hydrogens (tertiary/aromatic N) is 1. The molecule has 1 fully saturated rings. The van der Waals surface area contributed by atoms with E-state index in [9.17, 15) is 72.5 Å². The van der Waals surface area contributed by atoms with E-state index in [4.69, 9.17) is 4.74 Å². The smallest absolute Gasteiger partial charge is 0.472 e. The molecule has 9 atom stereocenters. The lowest BCUT2D eigenvalue weighted by Crippen LogP contribution is -2.55. The molecule has 1 aromatic carbocycles. The van der Waals surface area contributed by atoms with Gasteiger partial charge in [-0.25, -0.2) is 9.09 Å². The number of fused-ring (bicyclic) bond motifs is 5. The predicted molar refractivity (Wildman–Crippen MR) is 260 cm³/mol. The molecule has 27 heteroatoms. The maximum Gasteiger partial charge on any atom is 0.472 e. The highest BCUT2D eigenvalue weighted by atomic mass is 32.2. The summed E-state index contributed by atoms with van der Waals surface area (Å²) in [6.45, 7) is 5.84.